The third-order valence-corrected chi connectivity index (χ3v) is 5.65. The van der Waals surface area contributed by atoms with Crippen molar-refractivity contribution in [2.24, 2.45) is 5.92 Å². The van der Waals surface area contributed by atoms with Crippen LogP contribution in [0.5, 0.6) is 0 Å². The average molecular weight is 415 g/mol. The smallest absolute Gasteiger partial charge is 0.337 e. The number of hydrogen-bond donors (Lipinski definition) is 1. The zero-order chi connectivity index (χ0) is 21.8. The second-order valence-corrected chi connectivity index (χ2v) is 7.64. The van der Waals surface area contributed by atoms with Crippen molar-refractivity contribution < 1.29 is 28.7 Å². The maximum absolute atomic E-state index is 12.7. The molecule has 30 heavy (non-hydrogen) atoms. The standard InChI is InChI=1S/C21H25N3O6/c1-13-5-3-4-6-16(13)24-19(27)18(26)23(21(24)29)12-17(25)22-11-14-7-9-15(10-8-14)20(28)30-2/h7-10,13,16H,3-6,11-12H2,1-2H3,(H,22,25)/t13-,16+/m0/s1. The van der Waals surface area contributed by atoms with Crippen LogP contribution in [-0.2, 0) is 25.7 Å². The fourth-order valence-electron chi connectivity index (χ4n) is 3.91. The van der Waals surface area contributed by atoms with Crippen LogP contribution in [0.4, 0.5) is 4.79 Å². The van der Waals surface area contributed by atoms with Crippen molar-refractivity contribution in [3.63, 3.8) is 0 Å². The Hall–Kier alpha value is -3.23. The van der Waals surface area contributed by atoms with E-state index in [-0.39, 0.29) is 18.5 Å². The van der Waals surface area contributed by atoms with Gasteiger partial charge in [-0.3, -0.25) is 19.3 Å². The molecule has 160 valence electrons. The van der Waals surface area contributed by atoms with Crippen LogP contribution in [-0.4, -0.2) is 59.2 Å². The predicted octanol–water partition coefficient (Wildman–Crippen LogP) is 1.46. The first-order valence-electron chi connectivity index (χ1n) is 9.96. The Morgan fingerprint density at radius 2 is 1.73 bits per heavy atom. The summed E-state index contributed by atoms with van der Waals surface area (Å²) in [4.78, 5) is 62.8. The molecule has 1 aliphatic carbocycles. The lowest BCUT2D eigenvalue weighted by atomic mass is 9.85. The SMILES string of the molecule is COC(=O)c1ccc(CNC(=O)CN2C(=O)C(=O)N([C@@H]3CCCC[C@@H]3C)C2=O)cc1. The van der Waals surface area contributed by atoms with E-state index < -0.39 is 36.3 Å². The van der Waals surface area contributed by atoms with Crippen molar-refractivity contribution >= 4 is 29.7 Å². The maximum Gasteiger partial charge on any atom is 0.337 e. The Morgan fingerprint density at radius 1 is 1.07 bits per heavy atom. The number of imide groups is 2. The minimum atomic E-state index is -0.963. The Kier molecular flexibility index (Phi) is 6.49. The van der Waals surface area contributed by atoms with Gasteiger partial charge in [0, 0.05) is 12.6 Å². The van der Waals surface area contributed by atoms with E-state index in [4.69, 9.17) is 0 Å². The van der Waals surface area contributed by atoms with E-state index in [0.29, 0.717) is 16.9 Å². The first-order valence-corrected chi connectivity index (χ1v) is 9.96. The van der Waals surface area contributed by atoms with Gasteiger partial charge in [-0.2, -0.15) is 0 Å². The molecule has 1 saturated carbocycles. The quantitative estimate of drug-likeness (QED) is 0.428. The lowest BCUT2D eigenvalue weighted by Crippen LogP contribution is -2.47. The number of methoxy groups -OCH3 is 1. The summed E-state index contributed by atoms with van der Waals surface area (Å²) in [7, 11) is 1.29. The fraction of sp³-hybridized carbons (Fsp3) is 0.476. The van der Waals surface area contributed by atoms with Crippen molar-refractivity contribution in [3.8, 4) is 0 Å². The lowest BCUT2D eigenvalue weighted by Gasteiger charge is -2.34. The van der Waals surface area contributed by atoms with Crippen molar-refractivity contribution in [1.29, 1.82) is 0 Å². The third kappa shape index (κ3) is 4.34. The monoisotopic (exact) mass is 415 g/mol. The van der Waals surface area contributed by atoms with Gasteiger partial charge in [0.2, 0.25) is 5.91 Å². The Labute approximate surface area is 174 Å². The molecule has 0 aromatic heterocycles. The molecule has 9 heteroatoms. The summed E-state index contributed by atoms with van der Waals surface area (Å²) in [6.45, 7) is 1.60. The van der Waals surface area contributed by atoms with Crippen LogP contribution in [0.3, 0.4) is 0 Å². The second-order valence-electron chi connectivity index (χ2n) is 7.64. The molecule has 1 saturated heterocycles. The highest BCUT2D eigenvalue weighted by atomic mass is 16.5. The van der Waals surface area contributed by atoms with E-state index in [1.54, 1.807) is 24.3 Å². The van der Waals surface area contributed by atoms with Gasteiger partial charge in [-0.1, -0.05) is 31.9 Å². The second kappa shape index (κ2) is 9.06. The molecule has 0 radical (unpaired) electrons. The van der Waals surface area contributed by atoms with Crippen LogP contribution < -0.4 is 5.32 Å². The van der Waals surface area contributed by atoms with Crippen molar-refractivity contribution in [3.05, 3.63) is 35.4 Å². The first-order chi connectivity index (χ1) is 14.3. The zero-order valence-electron chi connectivity index (χ0n) is 17.1. The number of rotatable bonds is 6. The average Bonchev–Trinajstić information content (AvgIpc) is 2.96. The normalized spacial score (nSPS) is 21.7. The largest absolute Gasteiger partial charge is 0.465 e. The van der Waals surface area contributed by atoms with Crippen LogP contribution >= 0.6 is 0 Å². The molecule has 1 heterocycles. The van der Waals surface area contributed by atoms with Gasteiger partial charge in [-0.25, -0.2) is 14.5 Å². The molecule has 0 spiro atoms. The Balaban J connectivity index is 1.58. The summed E-state index contributed by atoms with van der Waals surface area (Å²) in [5.74, 6) is -2.71. The first kappa shape index (κ1) is 21.5. The van der Waals surface area contributed by atoms with Crippen molar-refractivity contribution in [2.45, 2.75) is 45.2 Å². The van der Waals surface area contributed by atoms with E-state index in [9.17, 15) is 24.0 Å². The zero-order valence-corrected chi connectivity index (χ0v) is 17.1. The van der Waals surface area contributed by atoms with E-state index in [1.165, 1.54) is 7.11 Å². The van der Waals surface area contributed by atoms with Gasteiger partial charge >= 0.3 is 23.8 Å². The highest BCUT2D eigenvalue weighted by molar-refractivity contribution is 6.45. The number of carbonyl (C=O) groups excluding carboxylic acids is 5. The molecule has 0 bridgehead atoms. The summed E-state index contributed by atoms with van der Waals surface area (Å²) in [5.41, 5.74) is 1.11. The van der Waals surface area contributed by atoms with Gasteiger partial charge in [0.05, 0.1) is 12.7 Å². The molecule has 1 N–H and O–H groups in total. The molecule has 5 amide bonds. The number of benzene rings is 1. The summed E-state index contributed by atoms with van der Waals surface area (Å²) in [6.07, 6.45) is 3.50. The number of carbonyl (C=O) groups is 5. The molecular weight excluding hydrogens is 390 g/mol. The molecule has 2 aliphatic rings. The molecule has 1 aliphatic heterocycles. The van der Waals surface area contributed by atoms with Gasteiger partial charge in [0.25, 0.3) is 0 Å². The molecule has 2 atom stereocenters. The number of amides is 5. The van der Waals surface area contributed by atoms with Gasteiger partial charge < -0.3 is 10.1 Å². The van der Waals surface area contributed by atoms with Crippen molar-refractivity contribution in [2.75, 3.05) is 13.7 Å². The highest BCUT2D eigenvalue weighted by Crippen LogP contribution is 2.31. The minimum absolute atomic E-state index is 0.126. The molecule has 0 unspecified atom stereocenters. The number of nitrogens with zero attached hydrogens (tertiary/aromatic N) is 2. The number of urea groups is 1. The molecule has 3 rings (SSSR count). The predicted molar refractivity (Wildman–Crippen MR) is 105 cm³/mol. The van der Waals surface area contributed by atoms with Gasteiger partial charge in [-0.05, 0) is 36.5 Å². The number of esters is 1. The Morgan fingerprint density at radius 3 is 2.37 bits per heavy atom. The molecule has 1 aromatic rings. The van der Waals surface area contributed by atoms with Gasteiger partial charge in [0.1, 0.15) is 6.54 Å². The number of hydrogen-bond acceptors (Lipinski definition) is 6. The van der Waals surface area contributed by atoms with Crippen LogP contribution in [0, 0.1) is 5.92 Å². The minimum Gasteiger partial charge on any atom is -0.465 e. The summed E-state index contributed by atoms with van der Waals surface area (Å²) >= 11 is 0. The summed E-state index contributed by atoms with van der Waals surface area (Å²) in [6, 6.07) is 5.44. The molecule has 9 nitrogen and oxygen atoms in total. The maximum atomic E-state index is 12.7. The number of nitrogens with one attached hydrogen (secondary N) is 1. The van der Waals surface area contributed by atoms with E-state index in [2.05, 4.69) is 10.1 Å². The van der Waals surface area contributed by atoms with Crippen molar-refractivity contribution in [1.82, 2.24) is 15.1 Å². The fourth-order valence-corrected chi connectivity index (χ4v) is 3.91. The summed E-state index contributed by atoms with van der Waals surface area (Å²) in [5, 5.41) is 2.62. The van der Waals surface area contributed by atoms with E-state index >= 15 is 0 Å². The van der Waals surface area contributed by atoms with Crippen LogP contribution in [0.15, 0.2) is 24.3 Å². The lowest BCUT2D eigenvalue weighted by molar-refractivity contribution is -0.145. The van der Waals surface area contributed by atoms with Crippen LogP contribution in [0.25, 0.3) is 0 Å². The van der Waals surface area contributed by atoms with Gasteiger partial charge in [0.15, 0.2) is 0 Å². The third-order valence-electron chi connectivity index (χ3n) is 5.65. The van der Waals surface area contributed by atoms with Crippen LogP contribution in [0.1, 0.15) is 48.5 Å². The summed E-state index contributed by atoms with van der Waals surface area (Å²) < 4.78 is 4.63. The topological polar surface area (TPSA) is 113 Å². The van der Waals surface area contributed by atoms with Gasteiger partial charge in [-0.15, -0.1) is 0 Å². The molecule has 1 aromatic carbocycles. The molecular formula is C21H25N3O6. The molecule has 2 fully saturated rings. The number of ether oxygens (including phenoxy) is 1. The highest BCUT2D eigenvalue weighted by Gasteiger charge is 2.49. The Bertz CT molecular complexity index is 866. The van der Waals surface area contributed by atoms with E-state index in [1.807, 2.05) is 6.92 Å². The van der Waals surface area contributed by atoms with Crippen LogP contribution in [0.2, 0.25) is 0 Å². The van der Waals surface area contributed by atoms with E-state index in [0.717, 1.165) is 29.7 Å².